The van der Waals surface area contributed by atoms with E-state index in [0.29, 0.717) is 0 Å². The standard InChI is InChI=1S/C39H32B2N2O2/c1-9-23-20(6)36-37-22(8)26-16-14-18-30-34(26)41-35-27(17-15-19-31(35)45-30)25(11-3)39(43(37)41)38-21(7)24(10-2)33-29(13-5)44-28(12-4)32(23)40(33)42(36)38/h9-19H,2-4H2,1,5-8H3/b23-9-,29-13+. The second-order valence-corrected chi connectivity index (χ2v) is 12.4. The predicted octanol–water partition coefficient (Wildman–Crippen LogP) is 7.62. The second kappa shape index (κ2) is 8.76. The highest BCUT2D eigenvalue weighted by molar-refractivity contribution is 6.88. The van der Waals surface area contributed by atoms with Crippen molar-refractivity contribution in [2.45, 2.75) is 34.6 Å². The molecule has 0 aromatic heterocycles. The molecule has 0 bridgehead atoms. The van der Waals surface area contributed by atoms with Crippen molar-refractivity contribution >= 4 is 35.8 Å². The first-order valence-corrected chi connectivity index (χ1v) is 15.7. The first kappa shape index (κ1) is 26.3. The summed E-state index contributed by atoms with van der Waals surface area (Å²) in [6.45, 7) is 23.8. The molecular formula is C39H32B2N2O2. The second-order valence-electron chi connectivity index (χ2n) is 12.4. The Bertz CT molecular complexity index is 2180. The Morgan fingerprint density at radius 2 is 1.24 bits per heavy atom. The van der Waals surface area contributed by atoms with Gasteiger partial charge in [0.2, 0.25) is 0 Å². The topological polar surface area (TPSA) is 24.9 Å². The summed E-state index contributed by atoms with van der Waals surface area (Å²) in [6, 6.07) is 12.9. The summed E-state index contributed by atoms with van der Waals surface area (Å²) in [5.74, 6) is 3.50. The van der Waals surface area contributed by atoms with Crippen LogP contribution in [0.25, 0.3) is 11.1 Å². The molecule has 7 heterocycles. The maximum absolute atomic E-state index is 6.64. The molecule has 9 rings (SSSR count). The molecule has 0 unspecified atom stereocenters. The van der Waals surface area contributed by atoms with Crippen LogP contribution in [0.5, 0.6) is 11.5 Å². The summed E-state index contributed by atoms with van der Waals surface area (Å²) in [5, 5.41) is 0. The third kappa shape index (κ3) is 2.83. The van der Waals surface area contributed by atoms with Crippen LogP contribution in [0.3, 0.4) is 0 Å². The first-order chi connectivity index (χ1) is 21.9. The van der Waals surface area contributed by atoms with Gasteiger partial charge in [-0.1, -0.05) is 62.2 Å². The van der Waals surface area contributed by atoms with E-state index in [1.165, 1.54) is 67.1 Å². The lowest BCUT2D eigenvalue weighted by molar-refractivity contribution is 0.322. The van der Waals surface area contributed by atoms with Gasteiger partial charge < -0.3 is 19.1 Å². The van der Waals surface area contributed by atoms with Gasteiger partial charge in [0.15, 0.2) is 0 Å². The Morgan fingerprint density at radius 3 is 1.89 bits per heavy atom. The number of allylic oxidation sites excluding steroid dienone is 13. The number of piperazine rings is 1. The quantitative estimate of drug-likeness (QED) is 0.348. The summed E-state index contributed by atoms with van der Waals surface area (Å²) in [5.41, 5.74) is 19.1. The number of fused-ring (bicyclic) bond motifs is 2. The van der Waals surface area contributed by atoms with Crippen molar-refractivity contribution in [1.82, 2.24) is 9.62 Å². The average molecular weight is 582 g/mol. The summed E-state index contributed by atoms with van der Waals surface area (Å²) < 4.78 is 13.3. The summed E-state index contributed by atoms with van der Waals surface area (Å²) in [7, 11) is 0. The fourth-order valence-corrected chi connectivity index (χ4v) is 9.02. The zero-order valence-electron chi connectivity index (χ0n) is 26.3. The summed E-state index contributed by atoms with van der Waals surface area (Å²) >= 11 is 0. The number of nitrogens with zero attached hydrogens (tertiary/aromatic N) is 2. The molecule has 216 valence electrons. The third-order valence-corrected chi connectivity index (χ3v) is 10.7. The zero-order chi connectivity index (χ0) is 31.0. The van der Waals surface area contributed by atoms with Gasteiger partial charge in [-0.25, -0.2) is 0 Å². The number of benzene rings is 2. The number of rotatable bonds is 3. The van der Waals surface area contributed by atoms with Crippen molar-refractivity contribution in [3.63, 3.8) is 0 Å². The molecule has 45 heavy (non-hydrogen) atoms. The molecule has 1 fully saturated rings. The lowest BCUT2D eigenvalue weighted by atomic mass is 9.37. The monoisotopic (exact) mass is 582 g/mol. The molecule has 0 atom stereocenters. The zero-order valence-corrected chi connectivity index (χ0v) is 26.3. The molecule has 7 aliphatic heterocycles. The highest BCUT2D eigenvalue weighted by Crippen LogP contribution is 2.59. The van der Waals surface area contributed by atoms with E-state index >= 15 is 0 Å². The minimum absolute atomic E-state index is 0.0237. The van der Waals surface area contributed by atoms with E-state index in [9.17, 15) is 0 Å². The molecule has 1 saturated heterocycles. The molecule has 0 radical (unpaired) electrons. The number of ether oxygens (including phenoxy) is 2. The Labute approximate surface area is 265 Å². The molecule has 0 saturated carbocycles. The van der Waals surface area contributed by atoms with Crippen LogP contribution in [0.2, 0.25) is 0 Å². The lowest BCUT2D eigenvalue weighted by Crippen LogP contribution is -2.67. The van der Waals surface area contributed by atoms with E-state index in [1.54, 1.807) is 0 Å². The van der Waals surface area contributed by atoms with Gasteiger partial charge in [0.25, 0.3) is 0 Å². The van der Waals surface area contributed by atoms with E-state index in [1.807, 2.05) is 25.2 Å². The average Bonchev–Trinajstić information content (AvgIpc) is 3.06. The van der Waals surface area contributed by atoms with Crippen LogP contribution >= 0.6 is 0 Å². The fraction of sp³-hybridized carbons (Fsp3) is 0.128. The Hall–Kier alpha value is -5.09. The van der Waals surface area contributed by atoms with E-state index in [2.05, 4.69) is 106 Å². The normalized spacial score (nSPS) is 21.9. The number of hydrogen-bond acceptors (Lipinski definition) is 4. The molecule has 0 spiro atoms. The number of hydrogen-bond donors (Lipinski definition) is 0. The largest absolute Gasteiger partial charge is 0.459 e. The minimum Gasteiger partial charge on any atom is -0.459 e. The van der Waals surface area contributed by atoms with Crippen LogP contribution in [0.15, 0.2) is 154 Å². The third-order valence-electron chi connectivity index (χ3n) is 10.7. The molecule has 2 aromatic carbocycles. The molecule has 0 aliphatic carbocycles. The van der Waals surface area contributed by atoms with Gasteiger partial charge >= 0.3 is 13.7 Å². The van der Waals surface area contributed by atoms with E-state index in [4.69, 9.17) is 9.47 Å². The molecule has 2 aromatic rings. The fourth-order valence-electron chi connectivity index (χ4n) is 9.02. The SMILES string of the molecule is C=CC1=C2B3C(=C(C=C)C(C)=C4C5=C(C=C)c6cccc7c6B6c8c(cccc8C(C)=C(C(=C(C)/C2=C/C)N34)N65)O7)/C(=C\C)O1. The van der Waals surface area contributed by atoms with Crippen molar-refractivity contribution in [3.8, 4) is 11.5 Å². The van der Waals surface area contributed by atoms with Crippen LogP contribution < -0.4 is 15.7 Å². The van der Waals surface area contributed by atoms with E-state index in [-0.39, 0.29) is 13.7 Å². The van der Waals surface area contributed by atoms with Crippen molar-refractivity contribution in [3.05, 3.63) is 165 Å². The maximum Gasteiger partial charge on any atom is 0.337 e. The van der Waals surface area contributed by atoms with Crippen LogP contribution in [0.4, 0.5) is 0 Å². The molecule has 0 amide bonds. The van der Waals surface area contributed by atoms with Gasteiger partial charge in [0.1, 0.15) is 23.0 Å². The van der Waals surface area contributed by atoms with Gasteiger partial charge in [-0.05, 0) is 114 Å². The highest BCUT2D eigenvalue weighted by atomic mass is 16.5. The maximum atomic E-state index is 6.64. The van der Waals surface area contributed by atoms with Gasteiger partial charge in [-0.15, -0.1) is 0 Å². The minimum atomic E-state index is -0.106. The van der Waals surface area contributed by atoms with Crippen molar-refractivity contribution in [2.75, 3.05) is 0 Å². The van der Waals surface area contributed by atoms with Crippen LogP contribution in [0.1, 0.15) is 45.7 Å². The Kier molecular flexibility index (Phi) is 5.12. The van der Waals surface area contributed by atoms with Crippen molar-refractivity contribution in [1.29, 1.82) is 0 Å². The molecule has 0 N–H and O–H groups in total. The van der Waals surface area contributed by atoms with Gasteiger partial charge in [0.05, 0.1) is 22.8 Å². The van der Waals surface area contributed by atoms with Crippen LogP contribution in [-0.4, -0.2) is 23.3 Å². The van der Waals surface area contributed by atoms with Crippen molar-refractivity contribution < 1.29 is 9.47 Å². The lowest BCUT2D eigenvalue weighted by Gasteiger charge is -2.59. The molecule has 7 aliphatic rings. The summed E-state index contributed by atoms with van der Waals surface area (Å²) in [6.07, 6.45) is 10.2. The van der Waals surface area contributed by atoms with Crippen molar-refractivity contribution in [2.24, 2.45) is 0 Å². The van der Waals surface area contributed by atoms with Crippen LogP contribution in [-0.2, 0) is 4.74 Å². The Morgan fingerprint density at radius 1 is 0.622 bits per heavy atom. The molecule has 6 heteroatoms. The smallest absolute Gasteiger partial charge is 0.337 e. The van der Waals surface area contributed by atoms with E-state index < -0.39 is 0 Å². The predicted molar refractivity (Wildman–Crippen MR) is 186 cm³/mol. The highest BCUT2D eigenvalue weighted by Gasteiger charge is 2.59. The van der Waals surface area contributed by atoms with Gasteiger partial charge in [-0.2, -0.15) is 0 Å². The molecular weight excluding hydrogens is 550 g/mol. The first-order valence-electron chi connectivity index (χ1n) is 15.7. The van der Waals surface area contributed by atoms with Gasteiger partial charge in [-0.3, -0.25) is 0 Å². The van der Waals surface area contributed by atoms with E-state index in [0.717, 1.165) is 45.1 Å². The molecule has 4 nitrogen and oxygen atoms in total. The van der Waals surface area contributed by atoms with Gasteiger partial charge in [0, 0.05) is 11.0 Å². The van der Waals surface area contributed by atoms with Crippen LogP contribution in [0, 0.1) is 0 Å². The Balaban J connectivity index is 1.54. The summed E-state index contributed by atoms with van der Waals surface area (Å²) in [4.78, 5) is 5.21.